The van der Waals surface area contributed by atoms with Crippen LogP contribution in [0.1, 0.15) is 35.6 Å². The van der Waals surface area contributed by atoms with Gasteiger partial charge in [0.05, 0.1) is 13.2 Å². The Balaban J connectivity index is 1.39. The maximum atomic E-state index is 12.1. The maximum Gasteiger partial charge on any atom is 0.244 e. The number of carbonyl (C=O) groups excluding carboxylic acids is 2. The Morgan fingerprint density at radius 1 is 1.15 bits per heavy atom. The highest BCUT2D eigenvalue weighted by Crippen LogP contribution is 2.30. The van der Waals surface area contributed by atoms with Gasteiger partial charge in [0.15, 0.2) is 0 Å². The molecule has 0 spiro atoms. The topological polar surface area (TPSA) is 67.4 Å². The molecular weight excluding hydrogens is 340 g/mol. The summed E-state index contributed by atoms with van der Waals surface area (Å²) in [7, 11) is 1.61. The molecule has 140 valence electrons. The summed E-state index contributed by atoms with van der Waals surface area (Å²) < 4.78 is 5.10. The molecule has 1 unspecified atom stereocenters. The summed E-state index contributed by atoms with van der Waals surface area (Å²) in [6, 6.07) is 15.7. The second-order valence-electron chi connectivity index (χ2n) is 6.51. The number of hydrogen-bond acceptors (Lipinski definition) is 3. The molecule has 0 fully saturated rings. The van der Waals surface area contributed by atoms with E-state index in [0.717, 1.165) is 24.2 Å². The van der Waals surface area contributed by atoms with Gasteiger partial charge in [-0.1, -0.05) is 36.4 Å². The summed E-state index contributed by atoms with van der Waals surface area (Å²) >= 11 is 0. The minimum Gasteiger partial charge on any atom is -0.497 e. The van der Waals surface area contributed by atoms with E-state index >= 15 is 0 Å². The summed E-state index contributed by atoms with van der Waals surface area (Å²) in [5.41, 5.74) is 3.42. The summed E-state index contributed by atoms with van der Waals surface area (Å²) in [4.78, 5) is 24.0. The molecule has 27 heavy (non-hydrogen) atoms. The summed E-state index contributed by atoms with van der Waals surface area (Å²) in [5, 5.41) is 5.80. The van der Waals surface area contributed by atoms with Crippen LogP contribution >= 0.6 is 0 Å². The highest BCUT2D eigenvalue weighted by Gasteiger charge is 2.22. The highest BCUT2D eigenvalue weighted by molar-refractivity contribution is 5.92. The van der Waals surface area contributed by atoms with Crippen LogP contribution in [0.5, 0.6) is 5.75 Å². The third-order valence-corrected chi connectivity index (χ3v) is 4.66. The van der Waals surface area contributed by atoms with Crippen LogP contribution in [0.15, 0.2) is 54.6 Å². The van der Waals surface area contributed by atoms with Gasteiger partial charge >= 0.3 is 0 Å². The minimum absolute atomic E-state index is 0.0452. The van der Waals surface area contributed by atoms with Crippen molar-refractivity contribution in [3.05, 3.63) is 71.3 Å². The van der Waals surface area contributed by atoms with Gasteiger partial charge in [-0.25, -0.2) is 0 Å². The van der Waals surface area contributed by atoms with Crippen molar-refractivity contribution in [1.82, 2.24) is 10.6 Å². The summed E-state index contributed by atoms with van der Waals surface area (Å²) in [5.74, 6) is 0.508. The van der Waals surface area contributed by atoms with E-state index in [0.29, 0.717) is 6.54 Å². The average molecular weight is 364 g/mol. The Labute approximate surface area is 159 Å². The molecule has 1 aliphatic carbocycles. The fourth-order valence-electron chi connectivity index (χ4n) is 3.22. The third kappa shape index (κ3) is 5.20. The molecule has 0 saturated carbocycles. The highest BCUT2D eigenvalue weighted by atomic mass is 16.5. The number of benzene rings is 2. The zero-order valence-corrected chi connectivity index (χ0v) is 15.4. The molecule has 0 heterocycles. The molecular formula is C22H24N2O3. The molecule has 0 radical (unpaired) electrons. The number of fused-ring (bicyclic) bond motifs is 1. The van der Waals surface area contributed by atoms with Crippen molar-refractivity contribution in [2.45, 2.75) is 25.3 Å². The molecule has 5 nitrogen and oxygen atoms in total. The van der Waals surface area contributed by atoms with Gasteiger partial charge < -0.3 is 15.4 Å². The lowest BCUT2D eigenvalue weighted by Gasteiger charge is -2.14. The van der Waals surface area contributed by atoms with Crippen LogP contribution in [0.4, 0.5) is 0 Å². The number of hydrogen-bond donors (Lipinski definition) is 2. The van der Waals surface area contributed by atoms with Crippen LogP contribution in [-0.2, 0) is 16.0 Å². The number of ether oxygens (including phenoxy) is 1. The lowest BCUT2D eigenvalue weighted by atomic mass is 10.1. The molecule has 1 atom stereocenters. The minimum atomic E-state index is -0.218. The van der Waals surface area contributed by atoms with Gasteiger partial charge in [-0.15, -0.1) is 0 Å². The van der Waals surface area contributed by atoms with Crippen molar-refractivity contribution < 1.29 is 14.3 Å². The van der Waals surface area contributed by atoms with Gasteiger partial charge in [0.25, 0.3) is 0 Å². The molecule has 2 amide bonds. The molecule has 2 aromatic carbocycles. The van der Waals surface area contributed by atoms with Gasteiger partial charge in [-0.05, 0) is 47.7 Å². The third-order valence-electron chi connectivity index (χ3n) is 4.66. The first-order chi connectivity index (χ1) is 13.2. The molecule has 2 aromatic rings. The lowest BCUT2D eigenvalue weighted by Crippen LogP contribution is -2.31. The maximum absolute atomic E-state index is 12.1. The standard InChI is InChI=1S/C22H24N2O3/c1-27-18-10-6-16(7-11-18)8-13-21(25)23-15-14-22(26)24-20-12-9-17-4-2-3-5-19(17)20/h2-8,10-11,13,20H,9,12,14-15H2,1H3,(H,23,25)(H,24,26)/b13-8+. The second kappa shape index (κ2) is 9.03. The first-order valence-corrected chi connectivity index (χ1v) is 9.13. The Hall–Kier alpha value is -3.08. The Bertz CT molecular complexity index is 828. The number of rotatable bonds is 7. The zero-order chi connectivity index (χ0) is 19.1. The largest absolute Gasteiger partial charge is 0.497 e. The van der Waals surface area contributed by atoms with E-state index in [1.54, 1.807) is 13.2 Å². The molecule has 2 N–H and O–H groups in total. The number of methoxy groups -OCH3 is 1. The number of carbonyl (C=O) groups is 2. The molecule has 0 aromatic heterocycles. The van der Waals surface area contributed by atoms with E-state index in [9.17, 15) is 9.59 Å². The van der Waals surface area contributed by atoms with Gasteiger partial charge in [0, 0.05) is 19.0 Å². The molecule has 5 heteroatoms. The molecule has 3 rings (SSSR count). The van der Waals surface area contributed by atoms with E-state index < -0.39 is 0 Å². The molecule has 1 aliphatic rings. The van der Waals surface area contributed by atoms with Crippen LogP contribution in [0.2, 0.25) is 0 Å². The fraction of sp³-hybridized carbons (Fsp3) is 0.273. The van der Waals surface area contributed by atoms with Crippen molar-refractivity contribution in [3.8, 4) is 5.75 Å². The molecule has 0 saturated heterocycles. The first kappa shape index (κ1) is 18.7. The van der Waals surface area contributed by atoms with E-state index in [1.165, 1.54) is 17.2 Å². The zero-order valence-electron chi connectivity index (χ0n) is 15.4. The van der Waals surface area contributed by atoms with E-state index in [-0.39, 0.29) is 24.3 Å². The fourth-order valence-corrected chi connectivity index (χ4v) is 3.22. The van der Waals surface area contributed by atoms with E-state index in [4.69, 9.17) is 4.74 Å². The van der Waals surface area contributed by atoms with Crippen molar-refractivity contribution >= 4 is 17.9 Å². The van der Waals surface area contributed by atoms with Crippen LogP contribution in [0.25, 0.3) is 6.08 Å². The van der Waals surface area contributed by atoms with Gasteiger partial charge in [0.2, 0.25) is 11.8 Å². The van der Waals surface area contributed by atoms with Gasteiger partial charge in [-0.3, -0.25) is 9.59 Å². The number of nitrogens with one attached hydrogen (secondary N) is 2. The quantitative estimate of drug-likeness (QED) is 0.742. The van der Waals surface area contributed by atoms with Crippen molar-refractivity contribution in [2.24, 2.45) is 0 Å². The predicted molar refractivity (Wildman–Crippen MR) is 105 cm³/mol. The van der Waals surface area contributed by atoms with Crippen molar-refractivity contribution in [1.29, 1.82) is 0 Å². The lowest BCUT2D eigenvalue weighted by molar-refractivity contribution is -0.122. The van der Waals surface area contributed by atoms with E-state index in [2.05, 4.69) is 22.8 Å². The number of aryl methyl sites for hydroxylation is 1. The smallest absolute Gasteiger partial charge is 0.244 e. The van der Waals surface area contributed by atoms with Crippen LogP contribution in [0.3, 0.4) is 0 Å². The van der Waals surface area contributed by atoms with E-state index in [1.807, 2.05) is 36.4 Å². The SMILES string of the molecule is COc1ccc(/C=C/C(=O)NCCC(=O)NC2CCc3ccccc32)cc1. The molecule has 0 aliphatic heterocycles. The Kier molecular flexibility index (Phi) is 6.26. The second-order valence-corrected chi connectivity index (χ2v) is 6.51. The van der Waals surface area contributed by atoms with Crippen LogP contribution < -0.4 is 15.4 Å². The molecule has 0 bridgehead atoms. The summed E-state index contributed by atoms with van der Waals surface area (Å²) in [6.45, 7) is 0.311. The van der Waals surface area contributed by atoms with Gasteiger partial charge in [0.1, 0.15) is 5.75 Å². The summed E-state index contributed by atoms with van der Waals surface area (Å²) in [6.07, 6.45) is 5.38. The Morgan fingerprint density at radius 2 is 1.93 bits per heavy atom. The van der Waals surface area contributed by atoms with Crippen molar-refractivity contribution in [3.63, 3.8) is 0 Å². The van der Waals surface area contributed by atoms with Crippen LogP contribution in [0, 0.1) is 0 Å². The Morgan fingerprint density at radius 3 is 2.70 bits per heavy atom. The normalized spacial score (nSPS) is 15.4. The van der Waals surface area contributed by atoms with Crippen molar-refractivity contribution in [2.75, 3.05) is 13.7 Å². The first-order valence-electron chi connectivity index (χ1n) is 9.13. The average Bonchev–Trinajstić information content (AvgIpc) is 3.09. The number of amides is 2. The van der Waals surface area contributed by atoms with Gasteiger partial charge in [-0.2, -0.15) is 0 Å². The monoisotopic (exact) mass is 364 g/mol. The van der Waals surface area contributed by atoms with Crippen LogP contribution in [-0.4, -0.2) is 25.5 Å². The predicted octanol–water partition coefficient (Wildman–Crippen LogP) is 3.02.